The number of carbonyl (C=O) groups excluding carboxylic acids is 2. The number of rotatable bonds is 9. The number of aromatic nitrogens is 1. The van der Waals surface area contributed by atoms with Crippen molar-refractivity contribution in [1.29, 1.82) is 0 Å². The summed E-state index contributed by atoms with van der Waals surface area (Å²) in [6.07, 6.45) is 0.828. The van der Waals surface area contributed by atoms with Gasteiger partial charge in [0, 0.05) is 0 Å². The zero-order valence-electron chi connectivity index (χ0n) is 20.4. The summed E-state index contributed by atoms with van der Waals surface area (Å²) in [5, 5.41) is 13.1. The van der Waals surface area contributed by atoms with Gasteiger partial charge in [0.1, 0.15) is 5.75 Å². The summed E-state index contributed by atoms with van der Waals surface area (Å²) in [4.78, 5) is 33.5. The van der Waals surface area contributed by atoms with Crippen LogP contribution in [-0.4, -0.2) is 42.6 Å². The van der Waals surface area contributed by atoms with E-state index >= 15 is 0 Å². The molecule has 0 aliphatic carbocycles. The number of hydrogen-bond acceptors (Lipinski definition) is 9. The van der Waals surface area contributed by atoms with E-state index in [0.717, 1.165) is 11.1 Å². The topological polar surface area (TPSA) is 98.2 Å². The molecule has 2 aromatic carbocycles. The summed E-state index contributed by atoms with van der Waals surface area (Å²) < 4.78 is 17.5. The fraction of sp³-hybridized carbons (Fsp3) is 0.222. The molecule has 0 saturated heterocycles. The molecule has 3 heterocycles. The standard InChI is InChI=1S/C27H24N2O6S2/c1-4-11-35-18-10-7-15(13-19(18)34-3)23-22(24(30)20-6-5-12-36-20)25(31)26(32)29(23)27-28-17-9-8-16(33-2)14-21(17)37-27/h5-10,12-14,23,31H,4,11H2,1-3H3/t23-/m0/s1. The number of fused-ring (bicyclic) bond motifs is 1. The molecule has 1 N–H and O–H groups in total. The number of aliphatic hydroxyl groups is 1. The molecule has 1 aliphatic rings. The van der Waals surface area contributed by atoms with Gasteiger partial charge in [-0.25, -0.2) is 4.98 Å². The van der Waals surface area contributed by atoms with Crippen LogP contribution in [0.15, 0.2) is 65.2 Å². The predicted molar refractivity (Wildman–Crippen MR) is 143 cm³/mol. The van der Waals surface area contributed by atoms with E-state index in [4.69, 9.17) is 14.2 Å². The number of methoxy groups -OCH3 is 2. The smallest absolute Gasteiger partial charge is 0.296 e. The maximum absolute atomic E-state index is 13.6. The lowest BCUT2D eigenvalue weighted by Crippen LogP contribution is -2.31. The van der Waals surface area contributed by atoms with E-state index in [2.05, 4.69) is 4.98 Å². The maximum Gasteiger partial charge on any atom is 0.296 e. The van der Waals surface area contributed by atoms with Crippen LogP contribution in [0.2, 0.25) is 0 Å². The average Bonchev–Trinajstić information content (AvgIpc) is 3.65. The summed E-state index contributed by atoms with van der Waals surface area (Å²) in [6, 6.07) is 13.2. The van der Waals surface area contributed by atoms with Gasteiger partial charge in [0.05, 0.1) is 47.5 Å². The number of carbonyl (C=O) groups is 2. The minimum absolute atomic E-state index is 0.00596. The first-order chi connectivity index (χ1) is 18.0. The molecular weight excluding hydrogens is 512 g/mol. The first-order valence-electron chi connectivity index (χ1n) is 11.6. The summed E-state index contributed by atoms with van der Waals surface area (Å²) in [5.41, 5.74) is 1.24. The quantitative estimate of drug-likeness (QED) is 0.264. The SMILES string of the molecule is CCCOc1ccc([C@H]2C(C(=O)c3cccs3)=C(O)C(=O)N2c2nc3ccc(OC)cc3s2)cc1OC. The Labute approximate surface area is 221 Å². The van der Waals surface area contributed by atoms with Gasteiger partial charge in [-0.1, -0.05) is 30.4 Å². The van der Waals surface area contributed by atoms with E-state index in [1.165, 1.54) is 34.7 Å². The third-order valence-corrected chi connectivity index (χ3v) is 7.84. The normalized spacial score (nSPS) is 15.5. The summed E-state index contributed by atoms with van der Waals surface area (Å²) in [6.45, 7) is 2.52. The number of ketones is 1. The Morgan fingerprint density at radius 1 is 1.11 bits per heavy atom. The highest BCUT2D eigenvalue weighted by Crippen LogP contribution is 2.46. The van der Waals surface area contributed by atoms with Gasteiger partial charge in [-0.2, -0.15) is 0 Å². The molecule has 8 nitrogen and oxygen atoms in total. The Kier molecular flexibility index (Phi) is 6.86. The van der Waals surface area contributed by atoms with Crippen molar-refractivity contribution in [3.63, 3.8) is 0 Å². The number of benzene rings is 2. The van der Waals surface area contributed by atoms with Crippen molar-refractivity contribution in [3.05, 3.63) is 75.7 Å². The van der Waals surface area contributed by atoms with Crippen molar-refractivity contribution in [2.45, 2.75) is 19.4 Å². The van der Waals surface area contributed by atoms with Crippen molar-refractivity contribution < 1.29 is 28.9 Å². The summed E-state index contributed by atoms with van der Waals surface area (Å²) in [7, 11) is 3.11. The van der Waals surface area contributed by atoms with Crippen LogP contribution in [0.1, 0.15) is 34.6 Å². The molecule has 1 aliphatic heterocycles. The van der Waals surface area contributed by atoms with Crippen LogP contribution in [0.3, 0.4) is 0 Å². The van der Waals surface area contributed by atoms with Crippen LogP contribution in [0, 0.1) is 0 Å². The molecular formula is C27H24N2O6S2. The lowest BCUT2D eigenvalue weighted by Gasteiger charge is -2.25. The van der Waals surface area contributed by atoms with Gasteiger partial charge in [0.25, 0.3) is 5.91 Å². The number of hydrogen-bond donors (Lipinski definition) is 1. The third kappa shape index (κ3) is 4.42. The van der Waals surface area contributed by atoms with E-state index in [1.54, 1.807) is 55.0 Å². The summed E-state index contributed by atoms with van der Waals surface area (Å²) >= 11 is 2.52. The van der Waals surface area contributed by atoms with Gasteiger partial charge in [-0.05, 0) is 53.8 Å². The second-order valence-corrected chi connectivity index (χ2v) is 10.2. The fourth-order valence-electron chi connectivity index (χ4n) is 4.20. The number of thiazole rings is 1. The number of thiophene rings is 1. The number of amides is 1. The molecule has 2 aromatic heterocycles. The largest absolute Gasteiger partial charge is 0.503 e. The molecule has 37 heavy (non-hydrogen) atoms. The van der Waals surface area contributed by atoms with Crippen molar-refractivity contribution in [2.24, 2.45) is 0 Å². The molecule has 0 spiro atoms. The Morgan fingerprint density at radius 2 is 1.95 bits per heavy atom. The van der Waals surface area contributed by atoms with Crippen molar-refractivity contribution in [3.8, 4) is 17.2 Å². The molecule has 0 unspecified atom stereocenters. The second kappa shape index (κ2) is 10.2. The van der Waals surface area contributed by atoms with Crippen LogP contribution < -0.4 is 19.1 Å². The van der Waals surface area contributed by atoms with Gasteiger partial charge in [-0.3, -0.25) is 14.5 Å². The maximum atomic E-state index is 13.6. The molecule has 0 radical (unpaired) electrons. The van der Waals surface area contributed by atoms with E-state index in [9.17, 15) is 14.7 Å². The van der Waals surface area contributed by atoms with Crippen LogP contribution in [0.4, 0.5) is 5.13 Å². The van der Waals surface area contributed by atoms with Gasteiger partial charge in [0.2, 0.25) is 5.78 Å². The molecule has 0 fully saturated rings. The van der Waals surface area contributed by atoms with E-state index in [0.29, 0.717) is 44.9 Å². The molecule has 0 bridgehead atoms. The van der Waals surface area contributed by atoms with Crippen molar-refractivity contribution in [1.82, 2.24) is 4.98 Å². The predicted octanol–water partition coefficient (Wildman–Crippen LogP) is 5.95. The summed E-state index contributed by atoms with van der Waals surface area (Å²) in [5.74, 6) is -0.0286. The first-order valence-corrected chi connectivity index (χ1v) is 13.3. The Morgan fingerprint density at radius 3 is 2.65 bits per heavy atom. The van der Waals surface area contributed by atoms with Crippen LogP contribution in [0.25, 0.3) is 10.2 Å². The number of ether oxygens (including phenoxy) is 3. The van der Waals surface area contributed by atoms with E-state index < -0.39 is 23.5 Å². The van der Waals surface area contributed by atoms with Gasteiger partial charge in [-0.15, -0.1) is 11.3 Å². The first kappa shape index (κ1) is 24.8. The third-order valence-electron chi connectivity index (χ3n) is 5.95. The number of aliphatic hydroxyl groups excluding tert-OH is 1. The molecule has 4 aromatic rings. The molecule has 1 atom stereocenters. The Bertz CT molecular complexity index is 1510. The number of anilines is 1. The second-order valence-electron chi connectivity index (χ2n) is 8.24. The van der Waals surface area contributed by atoms with E-state index in [-0.39, 0.29) is 5.57 Å². The van der Waals surface area contributed by atoms with Gasteiger partial charge in [0.15, 0.2) is 22.4 Å². The minimum atomic E-state index is -0.918. The monoisotopic (exact) mass is 536 g/mol. The number of Topliss-reactive ketones (excluding diaryl/α,β-unsaturated/α-hetero) is 1. The molecule has 10 heteroatoms. The van der Waals surface area contributed by atoms with Crippen LogP contribution in [-0.2, 0) is 4.79 Å². The van der Waals surface area contributed by atoms with Gasteiger partial charge < -0.3 is 19.3 Å². The van der Waals surface area contributed by atoms with Crippen LogP contribution in [0.5, 0.6) is 17.2 Å². The Balaban J connectivity index is 1.66. The molecule has 1 amide bonds. The fourth-order valence-corrected chi connectivity index (χ4v) is 5.90. The van der Waals surface area contributed by atoms with E-state index in [1.807, 2.05) is 13.0 Å². The van der Waals surface area contributed by atoms with Gasteiger partial charge >= 0.3 is 0 Å². The average molecular weight is 537 g/mol. The minimum Gasteiger partial charge on any atom is -0.503 e. The molecule has 190 valence electrons. The van der Waals surface area contributed by atoms with Crippen molar-refractivity contribution >= 4 is 49.7 Å². The number of nitrogens with zero attached hydrogens (tertiary/aromatic N) is 2. The molecule has 5 rings (SSSR count). The van der Waals surface area contributed by atoms with Crippen LogP contribution >= 0.6 is 22.7 Å². The van der Waals surface area contributed by atoms with Crippen molar-refractivity contribution in [2.75, 3.05) is 25.7 Å². The Hall–Kier alpha value is -3.89. The highest BCUT2D eigenvalue weighted by atomic mass is 32.1. The highest BCUT2D eigenvalue weighted by molar-refractivity contribution is 7.22. The zero-order chi connectivity index (χ0) is 26.1. The molecule has 0 saturated carbocycles. The zero-order valence-corrected chi connectivity index (χ0v) is 22.0. The highest BCUT2D eigenvalue weighted by Gasteiger charge is 2.46. The lowest BCUT2D eigenvalue weighted by atomic mass is 9.95. The lowest BCUT2D eigenvalue weighted by molar-refractivity contribution is -0.117.